The third-order valence-corrected chi connectivity index (χ3v) is 4.57. The van der Waals surface area contributed by atoms with Crippen LogP contribution in [0.2, 0.25) is 0 Å². The molecule has 1 aliphatic rings. The molecule has 1 heterocycles. The molecule has 0 saturated carbocycles. The molecule has 0 aliphatic carbocycles. The van der Waals surface area contributed by atoms with Crippen molar-refractivity contribution in [3.63, 3.8) is 0 Å². The number of allylic oxidation sites excluding steroid dienone is 1. The minimum atomic E-state index is -0.249. The van der Waals surface area contributed by atoms with E-state index in [0.29, 0.717) is 25.0 Å². The predicted octanol–water partition coefficient (Wildman–Crippen LogP) is 4.96. The van der Waals surface area contributed by atoms with Crippen molar-refractivity contribution in [2.45, 2.75) is 51.4 Å². The first kappa shape index (κ1) is 21.5. The van der Waals surface area contributed by atoms with E-state index >= 15 is 0 Å². The van der Waals surface area contributed by atoms with E-state index in [2.05, 4.69) is 40.5 Å². The third-order valence-electron chi connectivity index (χ3n) is 4.06. The van der Waals surface area contributed by atoms with E-state index in [-0.39, 0.29) is 18.2 Å². The third kappa shape index (κ3) is 7.77. The molecule has 0 bridgehead atoms. The number of methoxy groups -OCH3 is 1. The van der Waals surface area contributed by atoms with Gasteiger partial charge in [-0.05, 0) is 41.2 Å². The summed E-state index contributed by atoms with van der Waals surface area (Å²) in [5, 5.41) is 0. The molecule has 0 saturated heterocycles. The Labute approximate surface area is 175 Å². The Morgan fingerprint density at radius 2 is 2.07 bits per heavy atom. The van der Waals surface area contributed by atoms with Gasteiger partial charge in [0.2, 0.25) is 0 Å². The van der Waals surface area contributed by atoms with E-state index in [1.54, 1.807) is 7.11 Å². The van der Waals surface area contributed by atoms with Crippen LogP contribution in [-0.2, 0) is 20.9 Å². The first-order valence-corrected chi connectivity index (χ1v) is 10.2. The minimum Gasteiger partial charge on any atom is -0.497 e. The van der Waals surface area contributed by atoms with E-state index in [0.717, 1.165) is 24.2 Å². The van der Waals surface area contributed by atoms with Crippen LogP contribution >= 0.6 is 22.6 Å². The predicted molar refractivity (Wildman–Crippen MR) is 115 cm³/mol. The summed E-state index contributed by atoms with van der Waals surface area (Å²) in [5.41, 5.74) is 1.73. The molecule has 2 rings (SSSR count). The Balaban J connectivity index is 1.95. The fraction of sp³-hybridized carbons (Fsp3) is 0.409. The number of carbonyl (C=O) groups is 1. The Morgan fingerprint density at radius 3 is 2.70 bits per heavy atom. The van der Waals surface area contributed by atoms with Gasteiger partial charge >= 0.3 is 5.97 Å². The second-order valence-electron chi connectivity index (χ2n) is 6.25. The Morgan fingerprint density at radius 1 is 1.30 bits per heavy atom. The summed E-state index contributed by atoms with van der Waals surface area (Å²) < 4.78 is 18.4. The monoisotopic (exact) mass is 480 g/mol. The molecule has 1 aromatic carbocycles. The molecule has 5 heteroatoms. The Kier molecular flexibility index (Phi) is 9.43. The molecule has 0 aromatic heterocycles. The highest BCUT2D eigenvalue weighted by atomic mass is 127. The van der Waals surface area contributed by atoms with Crippen LogP contribution in [0.3, 0.4) is 0 Å². The lowest BCUT2D eigenvalue weighted by Gasteiger charge is -2.15. The second kappa shape index (κ2) is 11.8. The van der Waals surface area contributed by atoms with E-state index in [1.807, 2.05) is 41.3 Å². The average Bonchev–Trinajstić information content (AvgIpc) is 2.99. The van der Waals surface area contributed by atoms with Crippen LogP contribution in [0.1, 0.15) is 38.2 Å². The molecular formula is C22H25IO4. The average molecular weight is 480 g/mol. The first-order chi connectivity index (χ1) is 13.1. The highest BCUT2D eigenvalue weighted by Gasteiger charge is 2.25. The summed E-state index contributed by atoms with van der Waals surface area (Å²) in [5.74, 6) is 6.93. The van der Waals surface area contributed by atoms with Crippen LogP contribution in [0.5, 0.6) is 5.75 Å². The summed E-state index contributed by atoms with van der Waals surface area (Å²) in [4.78, 5) is 11.9. The Bertz CT molecular complexity index is 725. The maximum absolute atomic E-state index is 11.9. The second-order valence-corrected chi connectivity index (χ2v) is 6.96. The van der Waals surface area contributed by atoms with Gasteiger partial charge in [0.1, 0.15) is 11.9 Å². The normalized spacial score (nSPS) is 17.2. The fourth-order valence-electron chi connectivity index (χ4n) is 2.65. The maximum atomic E-state index is 11.9. The molecule has 144 valence electrons. The zero-order valence-electron chi connectivity index (χ0n) is 15.7. The van der Waals surface area contributed by atoms with Crippen LogP contribution in [0.4, 0.5) is 0 Å². The molecule has 0 unspecified atom stereocenters. The summed E-state index contributed by atoms with van der Waals surface area (Å²) >= 11 is 2.20. The van der Waals surface area contributed by atoms with Crippen LogP contribution in [0.25, 0.3) is 0 Å². The van der Waals surface area contributed by atoms with Gasteiger partial charge in [-0.1, -0.05) is 40.8 Å². The van der Waals surface area contributed by atoms with Gasteiger partial charge in [0.15, 0.2) is 0 Å². The molecule has 2 atom stereocenters. The van der Waals surface area contributed by atoms with Gasteiger partial charge in [-0.2, -0.15) is 0 Å². The van der Waals surface area contributed by atoms with Gasteiger partial charge in [0, 0.05) is 24.8 Å². The lowest BCUT2D eigenvalue weighted by molar-refractivity contribution is -0.139. The number of benzene rings is 1. The molecule has 0 amide bonds. The summed E-state index contributed by atoms with van der Waals surface area (Å²) in [6.07, 6.45) is 6.52. The van der Waals surface area contributed by atoms with Crippen LogP contribution in [-0.4, -0.2) is 25.3 Å². The lowest BCUT2D eigenvalue weighted by Crippen LogP contribution is -2.16. The van der Waals surface area contributed by atoms with E-state index < -0.39 is 0 Å². The van der Waals surface area contributed by atoms with Crippen molar-refractivity contribution in [1.82, 2.24) is 0 Å². The van der Waals surface area contributed by atoms with Crippen molar-refractivity contribution in [1.29, 1.82) is 0 Å². The van der Waals surface area contributed by atoms with Crippen molar-refractivity contribution in [2.75, 3.05) is 7.11 Å². The molecule has 0 N–H and O–H groups in total. The van der Waals surface area contributed by atoms with Crippen molar-refractivity contribution in [3.8, 4) is 17.6 Å². The van der Waals surface area contributed by atoms with Gasteiger partial charge in [-0.3, -0.25) is 0 Å². The van der Waals surface area contributed by atoms with Crippen LogP contribution in [0.15, 0.2) is 46.1 Å². The van der Waals surface area contributed by atoms with E-state index in [1.165, 1.54) is 0 Å². The number of halogens is 1. The quantitative estimate of drug-likeness (QED) is 0.217. The number of esters is 1. The number of rotatable bonds is 9. The molecule has 0 fully saturated rings. The standard InChI is InChI=1S/C22H25IO4/c1-17-14-19(22(24)27-17)15-21(8-6-4-3-5-7-13-23)26-16-18-9-11-20(25-2)12-10-18/h7,9-14,17,21H,3,5,8,15-16H2,1-2H3/b13-7+/t17-,21+/m0/s1. The minimum absolute atomic E-state index is 0.149. The van der Waals surface area contributed by atoms with Gasteiger partial charge in [0.05, 0.1) is 19.8 Å². The smallest absolute Gasteiger partial charge is 0.334 e. The number of hydrogen-bond donors (Lipinski definition) is 0. The highest BCUT2D eigenvalue weighted by molar-refractivity contribution is 14.1. The van der Waals surface area contributed by atoms with Gasteiger partial charge < -0.3 is 14.2 Å². The number of carbonyl (C=O) groups excluding carboxylic acids is 1. The maximum Gasteiger partial charge on any atom is 0.334 e. The SMILES string of the molecule is COc1ccc(CO[C@H](CC#CCC/C=C/I)CC2=C[C@H](C)OC2=O)cc1. The number of cyclic esters (lactones) is 1. The molecular weight excluding hydrogens is 455 g/mol. The first-order valence-electron chi connectivity index (χ1n) is 8.99. The van der Waals surface area contributed by atoms with E-state index in [4.69, 9.17) is 14.2 Å². The van der Waals surface area contributed by atoms with Crippen molar-refractivity contribution >= 4 is 28.6 Å². The van der Waals surface area contributed by atoms with Crippen molar-refractivity contribution in [2.24, 2.45) is 0 Å². The van der Waals surface area contributed by atoms with Gasteiger partial charge in [-0.25, -0.2) is 4.79 Å². The summed E-state index contributed by atoms with van der Waals surface area (Å²) in [7, 11) is 1.64. The topological polar surface area (TPSA) is 44.8 Å². The highest BCUT2D eigenvalue weighted by Crippen LogP contribution is 2.22. The zero-order valence-corrected chi connectivity index (χ0v) is 17.9. The van der Waals surface area contributed by atoms with Crippen molar-refractivity contribution < 1.29 is 19.0 Å². The zero-order chi connectivity index (χ0) is 19.5. The fourth-order valence-corrected chi connectivity index (χ4v) is 3.00. The van der Waals surface area contributed by atoms with Crippen LogP contribution < -0.4 is 4.74 Å². The molecule has 4 nitrogen and oxygen atoms in total. The summed E-state index contributed by atoms with van der Waals surface area (Å²) in [6, 6.07) is 7.77. The van der Waals surface area contributed by atoms with Crippen LogP contribution in [0, 0.1) is 11.8 Å². The van der Waals surface area contributed by atoms with Gasteiger partial charge in [-0.15, -0.1) is 11.8 Å². The molecule has 0 spiro atoms. The largest absolute Gasteiger partial charge is 0.497 e. The van der Waals surface area contributed by atoms with E-state index in [9.17, 15) is 4.79 Å². The van der Waals surface area contributed by atoms with Crippen molar-refractivity contribution in [3.05, 3.63) is 51.6 Å². The number of unbranched alkanes of at least 4 members (excludes halogenated alkanes) is 1. The summed E-state index contributed by atoms with van der Waals surface area (Å²) in [6.45, 7) is 2.32. The molecule has 27 heavy (non-hydrogen) atoms. The molecule has 1 aromatic rings. The number of ether oxygens (including phenoxy) is 3. The number of hydrogen-bond acceptors (Lipinski definition) is 4. The van der Waals surface area contributed by atoms with Gasteiger partial charge in [0.25, 0.3) is 0 Å². The Hall–Kier alpha value is -1.78. The lowest BCUT2D eigenvalue weighted by atomic mass is 10.1. The molecule has 0 radical (unpaired) electrons. The molecule has 1 aliphatic heterocycles.